The third-order valence-corrected chi connectivity index (χ3v) is 13.2. The summed E-state index contributed by atoms with van der Waals surface area (Å²) in [4.78, 5) is 0. The summed E-state index contributed by atoms with van der Waals surface area (Å²) in [6.07, 6.45) is 17.9. The van der Waals surface area contributed by atoms with Crippen LogP contribution in [0.25, 0.3) is 0 Å². The molecule has 2 heteroatoms. The molecule has 3 fully saturated rings. The summed E-state index contributed by atoms with van der Waals surface area (Å²) in [5.41, 5.74) is 4.91. The molecule has 3 saturated carbocycles. The van der Waals surface area contributed by atoms with Crippen LogP contribution in [0.15, 0.2) is 23.3 Å². The van der Waals surface area contributed by atoms with Crippen molar-refractivity contribution in [3.63, 3.8) is 0 Å². The van der Waals surface area contributed by atoms with Gasteiger partial charge >= 0.3 is 0 Å². The third kappa shape index (κ3) is 4.49. The zero-order chi connectivity index (χ0) is 26.0. The van der Waals surface area contributed by atoms with Gasteiger partial charge in [0, 0.05) is 0 Å². The summed E-state index contributed by atoms with van der Waals surface area (Å²) in [6.45, 7) is 27.4. The third-order valence-electron chi connectivity index (χ3n) is 12.2. The first-order valence-corrected chi connectivity index (χ1v) is 18.5. The van der Waals surface area contributed by atoms with Crippen LogP contribution in [-0.2, 0) is 4.43 Å². The van der Waals surface area contributed by atoms with Crippen LogP contribution in [-0.4, -0.2) is 14.4 Å². The highest BCUT2D eigenvalue weighted by Crippen LogP contribution is 2.73. The molecule has 0 amide bonds. The second kappa shape index (κ2) is 9.14. The van der Waals surface area contributed by atoms with Crippen LogP contribution in [0.5, 0.6) is 0 Å². The van der Waals surface area contributed by atoms with Crippen molar-refractivity contribution in [2.24, 2.45) is 45.3 Å². The van der Waals surface area contributed by atoms with Crippen molar-refractivity contribution >= 4 is 8.32 Å². The number of fused-ring (bicyclic) bond motifs is 5. The standard InChI is InChI=1S/C33H58OSi/c1-23(2)13-12-14-24(3)25-17-21-33(8)27-15-16-28-30(4,5)29(34-35(9,10)11)19-20-31(28,6)26(27)18-22-32(25,33)7/h13,18,24-25,27-29H,12,14-17,19-22H2,1-11H3. The van der Waals surface area contributed by atoms with Gasteiger partial charge in [0.05, 0.1) is 6.10 Å². The van der Waals surface area contributed by atoms with Gasteiger partial charge in [0.15, 0.2) is 8.32 Å². The van der Waals surface area contributed by atoms with E-state index in [4.69, 9.17) is 4.43 Å². The molecule has 0 N–H and O–H groups in total. The molecule has 8 unspecified atom stereocenters. The lowest BCUT2D eigenvalue weighted by Crippen LogP contribution is -2.59. The molecule has 0 aliphatic heterocycles. The molecule has 0 spiro atoms. The predicted octanol–water partition coefficient (Wildman–Crippen LogP) is 10.2. The molecule has 4 aliphatic carbocycles. The Morgan fingerprint density at radius 1 is 1.00 bits per heavy atom. The molecular formula is C33H58OSi. The Kier molecular flexibility index (Phi) is 7.23. The van der Waals surface area contributed by atoms with Crippen molar-refractivity contribution in [3.05, 3.63) is 23.3 Å². The SMILES string of the molecule is CC(C)=CCCC(C)C1CCC2(C)C3CCC4C(C)(CCC(O[Si](C)(C)C)C4(C)C)C3=CCC12C. The fourth-order valence-electron chi connectivity index (χ4n) is 10.1. The first-order valence-electron chi connectivity index (χ1n) is 15.1. The fourth-order valence-corrected chi connectivity index (χ4v) is 11.4. The second-order valence-electron chi connectivity index (χ2n) is 15.9. The van der Waals surface area contributed by atoms with E-state index in [0.717, 1.165) is 23.7 Å². The van der Waals surface area contributed by atoms with Crippen LogP contribution in [0.3, 0.4) is 0 Å². The van der Waals surface area contributed by atoms with E-state index in [1.807, 2.05) is 5.57 Å². The Bertz CT molecular complexity index is 857. The highest BCUT2D eigenvalue weighted by molar-refractivity contribution is 6.69. The van der Waals surface area contributed by atoms with E-state index in [1.165, 1.54) is 63.4 Å². The summed E-state index contributed by atoms with van der Waals surface area (Å²) in [6, 6.07) is 0. The normalized spacial score (nSPS) is 43.5. The van der Waals surface area contributed by atoms with E-state index >= 15 is 0 Å². The molecule has 0 heterocycles. The van der Waals surface area contributed by atoms with Gasteiger partial charge in [0.2, 0.25) is 0 Å². The molecule has 200 valence electrons. The molecular weight excluding hydrogens is 440 g/mol. The minimum absolute atomic E-state index is 0.262. The summed E-state index contributed by atoms with van der Waals surface area (Å²) < 4.78 is 6.83. The molecule has 0 aromatic carbocycles. The highest BCUT2D eigenvalue weighted by atomic mass is 28.4. The minimum atomic E-state index is -1.54. The van der Waals surface area contributed by atoms with Crippen molar-refractivity contribution in [1.82, 2.24) is 0 Å². The van der Waals surface area contributed by atoms with Gasteiger partial charge in [-0.2, -0.15) is 0 Å². The van der Waals surface area contributed by atoms with Crippen LogP contribution in [0.1, 0.15) is 113 Å². The summed E-state index contributed by atoms with van der Waals surface area (Å²) in [5.74, 6) is 3.24. The average molecular weight is 499 g/mol. The van der Waals surface area contributed by atoms with E-state index in [1.54, 1.807) is 0 Å². The number of hydrogen-bond donors (Lipinski definition) is 0. The van der Waals surface area contributed by atoms with Gasteiger partial charge in [-0.05, 0) is 137 Å². The van der Waals surface area contributed by atoms with E-state index in [0.29, 0.717) is 22.3 Å². The van der Waals surface area contributed by atoms with Crippen LogP contribution >= 0.6 is 0 Å². The van der Waals surface area contributed by atoms with Crippen LogP contribution in [0.2, 0.25) is 19.6 Å². The van der Waals surface area contributed by atoms with Gasteiger partial charge in [0.25, 0.3) is 0 Å². The predicted molar refractivity (Wildman–Crippen MR) is 155 cm³/mol. The lowest BCUT2D eigenvalue weighted by Gasteiger charge is -2.65. The zero-order valence-corrected chi connectivity index (χ0v) is 26.3. The van der Waals surface area contributed by atoms with Gasteiger partial charge in [-0.3, -0.25) is 0 Å². The Hall–Kier alpha value is -0.343. The molecule has 4 aliphatic rings. The van der Waals surface area contributed by atoms with Gasteiger partial charge in [0.1, 0.15) is 0 Å². The Balaban J connectivity index is 1.60. The molecule has 0 bridgehead atoms. The number of allylic oxidation sites excluding steroid dienone is 4. The molecule has 1 nitrogen and oxygen atoms in total. The second-order valence-corrected chi connectivity index (χ2v) is 20.3. The Labute approximate surface area is 220 Å². The molecule has 0 aromatic heterocycles. The molecule has 0 radical (unpaired) electrons. The van der Waals surface area contributed by atoms with E-state index < -0.39 is 8.32 Å². The maximum Gasteiger partial charge on any atom is 0.184 e. The maximum absolute atomic E-state index is 6.83. The summed E-state index contributed by atoms with van der Waals surface area (Å²) in [5, 5.41) is 0. The molecule has 0 saturated heterocycles. The topological polar surface area (TPSA) is 9.23 Å². The van der Waals surface area contributed by atoms with E-state index in [-0.39, 0.29) is 5.41 Å². The van der Waals surface area contributed by atoms with Crippen molar-refractivity contribution < 1.29 is 4.43 Å². The van der Waals surface area contributed by atoms with Gasteiger partial charge in [-0.15, -0.1) is 0 Å². The van der Waals surface area contributed by atoms with Crippen molar-refractivity contribution in [1.29, 1.82) is 0 Å². The molecule has 0 aromatic rings. The van der Waals surface area contributed by atoms with Crippen LogP contribution in [0, 0.1) is 45.3 Å². The van der Waals surface area contributed by atoms with E-state index in [9.17, 15) is 0 Å². The van der Waals surface area contributed by atoms with Gasteiger partial charge in [-0.25, -0.2) is 0 Å². The average Bonchev–Trinajstić information content (AvgIpc) is 3.01. The first-order chi connectivity index (χ1) is 16.1. The fraction of sp³-hybridized carbons (Fsp3) is 0.879. The minimum Gasteiger partial charge on any atom is -0.414 e. The molecule has 35 heavy (non-hydrogen) atoms. The quantitative estimate of drug-likeness (QED) is 0.261. The lowest BCUT2D eigenvalue weighted by molar-refractivity contribution is -0.112. The van der Waals surface area contributed by atoms with Gasteiger partial charge in [-0.1, -0.05) is 64.8 Å². The van der Waals surface area contributed by atoms with E-state index in [2.05, 4.69) is 87.2 Å². The smallest absolute Gasteiger partial charge is 0.184 e. The number of hydrogen-bond acceptors (Lipinski definition) is 1. The van der Waals surface area contributed by atoms with Crippen LogP contribution in [0.4, 0.5) is 0 Å². The zero-order valence-electron chi connectivity index (χ0n) is 25.3. The first kappa shape index (κ1) is 27.7. The monoisotopic (exact) mass is 498 g/mol. The Morgan fingerprint density at radius 3 is 2.31 bits per heavy atom. The molecule has 4 rings (SSSR count). The largest absolute Gasteiger partial charge is 0.414 e. The molecule has 8 atom stereocenters. The van der Waals surface area contributed by atoms with Gasteiger partial charge < -0.3 is 4.43 Å². The number of rotatable bonds is 6. The van der Waals surface area contributed by atoms with Crippen molar-refractivity contribution in [3.8, 4) is 0 Å². The summed E-state index contributed by atoms with van der Waals surface area (Å²) >= 11 is 0. The Morgan fingerprint density at radius 2 is 1.69 bits per heavy atom. The maximum atomic E-state index is 6.83. The summed E-state index contributed by atoms with van der Waals surface area (Å²) in [7, 11) is -1.54. The van der Waals surface area contributed by atoms with Crippen LogP contribution < -0.4 is 0 Å². The lowest BCUT2D eigenvalue weighted by atomic mass is 9.41. The van der Waals surface area contributed by atoms with Crippen molar-refractivity contribution in [2.75, 3.05) is 0 Å². The van der Waals surface area contributed by atoms with Crippen molar-refractivity contribution in [2.45, 2.75) is 139 Å². The highest BCUT2D eigenvalue weighted by Gasteiger charge is 2.65.